The van der Waals surface area contributed by atoms with Crippen molar-refractivity contribution in [2.75, 3.05) is 0 Å². The number of carbonyl (C=O) groups is 1. The summed E-state index contributed by atoms with van der Waals surface area (Å²) in [6, 6.07) is -0.375. The lowest BCUT2D eigenvalue weighted by Crippen LogP contribution is -2.33. The Hall–Kier alpha value is -1.81. The lowest BCUT2D eigenvalue weighted by molar-refractivity contribution is 0.246. The number of alkyl halides is 1. The minimum absolute atomic E-state index is 0.279. The Bertz CT molecular complexity index is 478. The molecule has 0 radical (unpaired) electrons. The third kappa shape index (κ3) is 6.62. The van der Waals surface area contributed by atoms with Crippen LogP contribution in [0, 0.1) is 0 Å². The molecule has 0 saturated heterocycles. The molecular formula is C14H16ClFN2O. The van der Waals surface area contributed by atoms with Crippen molar-refractivity contribution >= 4 is 17.6 Å². The van der Waals surface area contributed by atoms with E-state index in [0.29, 0.717) is 16.4 Å². The Morgan fingerprint density at radius 3 is 2.95 bits per heavy atom. The molecule has 0 aromatic carbocycles. The van der Waals surface area contributed by atoms with Crippen molar-refractivity contribution in [1.82, 2.24) is 10.6 Å². The van der Waals surface area contributed by atoms with Gasteiger partial charge in [-0.15, -0.1) is 0 Å². The summed E-state index contributed by atoms with van der Waals surface area (Å²) < 4.78 is 12.8. The van der Waals surface area contributed by atoms with Gasteiger partial charge in [0.2, 0.25) is 0 Å². The van der Waals surface area contributed by atoms with Crippen molar-refractivity contribution in [3.8, 4) is 0 Å². The van der Waals surface area contributed by atoms with Gasteiger partial charge in [0.15, 0.2) is 0 Å². The van der Waals surface area contributed by atoms with Crippen LogP contribution in [0.25, 0.3) is 0 Å². The predicted octanol–water partition coefficient (Wildman–Crippen LogP) is 3.68. The van der Waals surface area contributed by atoms with Gasteiger partial charge in [0, 0.05) is 22.8 Å². The zero-order chi connectivity index (χ0) is 14.3. The first-order valence-electron chi connectivity index (χ1n) is 5.77. The Balaban J connectivity index is 2.43. The highest BCUT2D eigenvalue weighted by molar-refractivity contribution is 6.30. The van der Waals surface area contributed by atoms with Crippen LogP contribution < -0.4 is 10.6 Å². The summed E-state index contributed by atoms with van der Waals surface area (Å²) >= 11 is 5.55. The fourth-order valence-electron chi connectivity index (χ4n) is 1.37. The molecule has 102 valence electrons. The predicted molar refractivity (Wildman–Crippen MR) is 76.3 cm³/mol. The van der Waals surface area contributed by atoms with E-state index < -0.39 is 6.17 Å². The molecule has 1 aliphatic rings. The molecule has 1 rings (SSSR count). The van der Waals surface area contributed by atoms with Gasteiger partial charge in [-0.25, -0.2) is 9.18 Å². The number of carbonyl (C=O) groups excluding carboxylic acids is 1. The van der Waals surface area contributed by atoms with Crippen molar-refractivity contribution in [1.29, 1.82) is 0 Å². The monoisotopic (exact) mass is 282 g/mol. The van der Waals surface area contributed by atoms with E-state index in [0.717, 1.165) is 0 Å². The van der Waals surface area contributed by atoms with Gasteiger partial charge < -0.3 is 10.6 Å². The summed E-state index contributed by atoms with van der Waals surface area (Å²) in [5, 5.41) is 5.66. The highest BCUT2D eigenvalue weighted by Gasteiger charge is 2.08. The summed E-state index contributed by atoms with van der Waals surface area (Å²) in [6.07, 6.45) is 8.88. The maximum atomic E-state index is 12.8. The van der Waals surface area contributed by atoms with E-state index in [1.165, 1.54) is 6.08 Å². The van der Waals surface area contributed by atoms with Gasteiger partial charge in [-0.2, -0.15) is 0 Å². The number of rotatable bonds is 4. The maximum Gasteiger partial charge on any atom is 0.323 e. The van der Waals surface area contributed by atoms with Gasteiger partial charge >= 0.3 is 6.03 Å². The highest BCUT2D eigenvalue weighted by atomic mass is 35.5. The molecule has 0 spiro atoms. The van der Waals surface area contributed by atoms with Crippen molar-refractivity contribution < 1.29 is 9.18 Å². The molecule has 0 aromatic rings. The number of hydrogen-bond donors (Lipinski definition) is 2. The third-order valence-electron chi connectivity index (χ3n) is 2.24. The van der Waals surface area contributed by atoms with Gasteiger partial charge in [0.25, 0.3) is 0 Å². The average molecular weight is 283 g/mol. The minimum Gasteiger partial charge on any atom is -0.312 e. The highest BCUT2D eigenvalue weighted by Crippen LogP contribution is 2.10. The quantitative estimate of drug-likeness (QED) is 0.759. The first-order chi connectivity index (χ1) is 8.97. The van der Waals surface area contributed by atoms with Crippen LogP contribution in [-0.2, 0) is 0 Å². The number of halogens is 2. The standard InChI is InChI=1S/C14H16ClFN2O/c1-10(15)4-3-5-11(2)17-14(19)18-13-8-6-12(16)7-9-13/h3-6,8-9,12H,1,7H2,2H3,(H2,17,18,19)/b4-3-,11-5+. The summed E-state index contributed by atoms with van der Waals surface area (Å²) in [6.45, 7) is 5.24. The van der Waals surface area contributed by atoms with Crippen LogP contribution in [0.1, 0.15) is 13.3 Å². The normalized spacial score (nSPS) is 19.2. The number of allylic oxidation sites excluding steroid dienone is 8. The van der Waals surface area contributed by atoms with Crippen LogP contribution in [0.15, 0.2) is 59.5 Å². The number of nitrogens with one attached hydrogen (secondary N) is 2. The van der Waals surface area contributed by atoms with Crippen LogP contribution in [0.4, 0.5) is 9.18 Å². The van der Waals surface area contributed by atoms with Gasteiger partial charge in [-0.3, -0.25) is 0 Å². The SMILES string of the molecule is C=C(Cl)/C=C\C=C(/C)NC(=O)NC1=CCC(F)C=C1. The fraction of sp³-hybridized carbons (Fsp3) is 0.214. The minimum atomic E-state index is -0.968. The van der Waals surface area contributed by atoms with Gasteiger partial charge in [0.1, 0.15) is 6.17 Å². The van der Waals surface area contributed by atoms with E-state index in [-0.39, 0.29) is 12.5 Å². The van der Waals surface area contributed by atoms with E-state index in [1.54, 1.807) is 37.3 Å². The molecular weight excluding hydrogens is 267 g/mol. The van der Waals surface area contributed by atoms with Gasteiger partial charge in [0.05, 0.1) is 0 Å². The molecule has 1 atom stereocenters. The molecule has 0 aromatic heterocycles. The molecule has 0 aliphatic heterocycles. The number of urea groups is 1. The summed E-state index contributed by atoms with van der Waals surface area (Å²) in [5.74, 6) is 0. The lowest BCUT2D eigenvalue weighted by atomic mass is 10.1. The lowest BCUT2D eigenvalue weighted by Gasteiger charge is -2.12. The van der Waals surface area contributed by atoms with E-state index in [2.05, 4.69) is 17.2 Å². The van der Waals surface area contributed by atoms with Crippen LogP contribution in [0.2, 0.25) is 0 Å². The van der Waals surface area contributed by atoms with Gasteiger partial charge in [-0.05, 0) is 31.2 Å². The largest absolute Gasteiger partial charge is 0.323 e. The van der Waals surface area contributed by atoms with Crippen molar-refractivity contribution in [3.63, 3.8) is 0 Å². The second-order valence-corrected chi connectivity index (χ2v) is 4.49. The van der Waals surface area contributed by atoms with Crippen molar-refractivity contribution in [3.05, 3.63) is 59.5 Å². The van der Waals surface area contributed by atoms with Crippen LogP contribution in [-0.4, -0.2) is 12.2 Å². The molecule has 3 nitrogen and oxygen atoms in total. The fourth-order valence-corrected chi connectivity index (χ4v) is 1.44. The zero-order valence-corrected chi connectivity index (χ0v) is 11.4. The summed E-state index contributed by atoms with van der Waals surface area (Å²) in [5.41, 5.74) is 1.24. The molecule has 1 unspecified atom stereocenters. The smallest absolute Gasteiger partial charge is 0.312 e. The van der Waals surface area contributed by atoms with Crippen molar-refractivity contribution in [2.45, 2.75) is 19.5 Å². The Morgan fingerprint density at radius 1 is 1.63 bits per heavy atom. The van der Waals surface area contributed by atoms with Crippen LogP contribution >= 0.6 is 11.6 Å². The van der Waals surface area contributed by atoms with E-state index in [9.17, 15) is 9.18 Å². The molecule has 0 fully saturated rings. The molecule has 1 aliphatic carbocycles. The molecule has 0 saturated carbocycles. The first-order valence-corrected chi connectivity index (χ1v) is 6.15. The van der Waals surface area contributed by atoms with Crippen LogP contribution in [0.5, 0.6) is 0 Å². The van der Waals surface area contributed by atoms with E-state index >= 15 is 0 Å². The van der Waals surface area contributed by atoms with E-state index in [1.807, 2.05) is 0 Å². The molecule has 2 N–H and O–H groups in total. The van der Waals surface area contributed by atoms with Crippen LogP contribution in [0.3, 0.4) is 0 Å². The summed E-state index contributed by atoms with van der Waals surface area (Å²) in [7, 11) is 0. The van der Waals surface area contributed by atoms with Gasteiger partial charge in [-0.1, -0.05) is 30.3 Å². The Morgan fingerprint density at radius 2 is 2.37 bits per heavy atom. The topological polar surface area (TPSA) is 41.1 Å². The molecule has 0 bridgehead atoms. The Kier molecular flexibility index (Phi) is 6.09. The van der Waals surface area contributed by atoms with Crippen molar-refractivity contribution in [2.24, 2.45) is 0 Å². The number of amides is 2. The second kappa shape index (κ2) is 7.59. The number of hydrogen-bond acceptors (Lipinski definition) is 1. The Labute approximate surface area is 117 Å². The average Bonchev–Trinajstić information content (AvgIpc) is 2.31. The third-order valence-corrected chi connectivity index (χ3v) is 2.37. The maximum absolute atomic E-state index is 12.8. The molecule has 5 heteroatoms. The molecule has 2 amide bonds. The first kappa shape index (κ1) is 15.2. The molecule has 19 heavy (non-hydrogen) atoms. The second-order valence-electron chi connectivity index (χ2n) is 4.01. The summed E-state index contributed by atoms with van der Waals surface area (Å²) in [4.78, 5) is 11.6. The molecule has 0 heterocycles. The van der Waals surface area contributed by atoms with E-state index in [4.69, 9.17) is 11.6 Å². The zero-order valence-electron chi connectivity index (χ0n) is 10.6.